The quantitative estimate of drug-likeness (QED) is 0.637. The molecule has 1 aromatic rings. The molecule has 0 aliphatic carbocycles. The number of carbonyl (C=O) groups excluding carboxylic acids is 1. The Bertz CT molecular complexity index is 692. The first kappa shape index (κ1) is 20.5. The molecule has 1 saturated heterocycles. The SMILES string of the molecule is CCCCS(=O)(=O)N(C)CC(=O)NCc1nccc(N2CCOCC2)n1. The highest BCUT2D eigenvalue weighted by Crippen LogP contribution is 2.11. The fraction of sp³-hybridized carbons (Fsp3) is 0.688. The Kier molecular flexibility index (Phi) is 7.73. The van der Waals surface area contributed by atoms with Gasteiger partial charge in [-0.1, -0.05) is 13.3 Å². The lowest BCUT2D eigenvalue weighted by Crippen LogP contribution is -2.39. The van der Waals surface area contributed by atoms with Crippen LogP contribution in [-0.4, -0.2) is 74.2 Å². The molecule has 1 aromatic heterocycles. The summed E-state index contributed by atoms with van der Waals surface area (Å²) in [7, 11) is -1.98. The van der Waals surface area contributed by atoms with Crippen LogP contribution in [0.4, 0.5) is 5.82 Å². The molecule has 10 heteroatoms. The third kappa shape index (κ3) is 6.19. The van der Waals surface area contributed by atoms with Crippen molar-refractivity contribution in [2.24, 2.45) is 0 Å². The van der Waals surface area contributed by atoms with Gasteiger partial charge in [-0.05, 0) is 12.5 Å². The molecule has 2 rings (SSSR count). The van der Waals surface area contributed by atoms with Crippen molar-refractivity contribution in [1.82, 2.24) is 19.6 Å². The zero-order valence-electron chi connectivity index (χ0n) is 15.3. The minimum absolute atomic E-state index is 0.0536. The molecule has 0 saturated carbocycles. The fourth-order valence-corrected chi connectivity index (χ4v) is 3.74. The van der Waals surface area contributed by atoms with E-state index in [-0.39, 0.29) is 24.7 Å². The summed E-state index contributed by atoms with van der Waals surface area (Å²) in [5.74, 6) is 0.955. The Labute approximate surface area is 154 Å². The lowest BCUT2D eigenvalue weighted by atomic mass is 10.4. The number of carbonyl (C=O) groups is 1. The van der Waals surface area contributed by atoms with Gasteiger partial charge in [0.1, 0.15) is 11.6 Å². The first-order chi connectivity index (χ1) is 12.4. The van der Waals surface area contributed by atoms with Gasteiger partial charge in [0.25, 0.3) is 0 Å². The first-order valence-electron chi connectivity index (χ1n) is 8.77. The van der Waals surface area contributed by atoms with Gasteiger partial charge in [0.05, 0.1) is 32.1 Å². The summed E-state index contributed by atoms with van der Waals surface area (Å²) in [5, 5.41) is 2.67. The van der Waals surface area contributed by atoms with Gasteiger partial charge in [-0.3, -0.25) is 4.79 Å². The number of nitrogens with one attached hydrogen (secondary N) is 1. The van der Waals surface area contributed by atoms with Crippen molar-refractivity contribution in [2.45, 2.75) is 26.3 Å². The predicted octanol–water partition coefficient (Wildman–Crippen LogP) is -0.00890. The van der Waals surface area contributed by atoms with E-state index in [0.717, 1.165) is 29.6 Å². The van der Waals surface area contributed by atoms with Crippen molar-refractivity contribution >= 4 is 21.7 Å². The van der Waals surface area contributed by atoms with Gasteiger partial charge in [0.15, 0.2) is 0 Å². The summed E-state index contributed by atoms with van der Waals surface area (Å²) in [5.41, 5.74) is 0. The Morgan fingerprint density at radius 3 is 2.81 bits per heavy atom. The maximum atomic E-state index is 12.0. The molecule has 0 radical (unpaired) electrons. The molecule has 1 N–H and O–H groups in total. The minimum Gasteiger partial charge on any atom is -0.378 e. The van der Waals surface area contributed by atoms with Crippen LogP contribution in [0, 0.1) is 0 Å². The van der Waals surface area contributed by atoms with E-state index < -0.39 is 10.0 Å². The van der Waals surface area contributed by atoms with Gasteiger partial charge in [0, 0.05) is 26.3 Å². The van der Waals surface area contributed by atoms with E-state index in [0.29, 0.717) is 25.5 Å². The molecule has 1 aliphatic rings. The summed E-state index contributed by atoms with van der Waals surface area (Å²) in [6, 6.07) is 1.82. The highest BCUT2D eigenvalue weighted by atomic mass is 32.2. The number of anilines is 1. The molecule has 0 aromatic carbocycles. The lowest BCUT2D eigenvalue weighted by Gasteiger charge is -2.27. The summed E-state index contributed by atoms with van der Waals surface area (Å²) in [4.78, 5) is 22.7. The number of morpholine rings is 1. The molecule has 0 spiro atoms. The van der Waals surface area contributed by atoms with Crippen LogP contribution >= 0.6 is 0 Å². The van der Waals surface area contributed by atoms with Gasteiger partial charge < -0.3 is 15.0 Å². The normalized spacial score (nSPS) is 15.3. The highest BCUT2D eigenvalue weighted by Gasteiger charge is 2.20. The molecule has 2 heterocycles. The molecule has 1 amide bonds. The Hall–Kier alpha value is -1.78. The summed E-state index contributed by atoms with van der Waals surface area (Å²) in [6.07, 6.45) is 3.02. The van der Waals surface area contributed by atoms with E-state index in [4.69, 9.17) is 4.74 Å². The van der Waals surface area contributed by atoms with Crippen LogP contribution < -0.4 is 10.2 Å². The number of nitrogens with zero attached hydrogens (tertiary/aromatic N) is 4. The summed E-state index contributed by atoms with van der Waals surface area (Å²) in [6.45, 7) is 4.72. The Morgan fingerprint density at radius 1 is 1.38 bits per heavy atom. The molecule has 26 heavy (non-hydrogen) atoms. The second-order valence-electron chi connectivity index (χ2n) is 6.13. The van der Waals surface area contributed by atoms with Crippen molar-refractivity contribution < 1.29 is 17.9 Å². The topological polar surface area (TPSA) is 105 Å². The number of rotatable bonds is 9. The first-order valence-corrected chi connectivity index (χ1v) is 10.4. The number of aromatic nitrogens is 2. The van der Waals surface area contributed by atoms with Gasteiger partial charge in [-0.25, -0.2) is 18.4 Å². The van der Waals surface area contributed by atoms with E-state index in [1.165, 1.54) is 7.05 Å². The van der Waals surface area contributed by atoms with Crippen LogP contribution in [0.25, 0.3) is 0 Å². The number of sulfonamides is 1. The number of hydrogen-bond acceptors (Lipinski definition) is 7. The van der Waals surface area contributed by atoms with E-state index in [9.17, 15) is 13.2 Å². The van der Waals surface area contributed by atoms with Crippen molar-refractivity contribution in [2.75, 3.05) is 50.5 Å². The molecule has 1 fully saturated rings. The van der Waals surface area contributed by atoms with Crippen LogP contribution in [0.15, 0.2) is 12.3 Å². The monoisotopic (exact) mass is 385 g/mol. The zero-order chi connectivity index (χ0) is 19.0. The van der Waals surface area contributed by atoms with Crippen LogP contribution in [0.3, 0.4) is 0 Å². The zero-order valence-corrected chi connectivity index (χ0v) is 16.2. The third-order valence-electron chi connectivity index (χ3n) is 4.07. The largest absolute Gasteiger partial charge is 0.378 e. The van der Waals surface area contributed by atoms with Crippen molar-refractivity contribution in [1.29, 1.82) is 0 Å². The van der Waals surface area contributed by atoms with Gasteiger partial charge in [-0.15, -0.1) is 0 Å². The number of likely N-dealkylation sites (N-methyl/N-ethyl adjacent to an activating group) is 1. The number of amides is 1. The van der Waals surface area contributed by atoms with Crippen LogP contribution in [-0.2, 0) is 26.1 Å². The standard InChI is InChI=1S/C16H27N5O4S/c1-3-4-11-26(23,24)20(2)13-16(22)18-12-14-17-6-5-15(19-14)21-7-9-25-10-8-21/h5-6H,3-4,7-13H2,1-2H3,(H,18,22). The maximum Gasteiger partial charge on any atom is 0.235 e. The summed E-state index contributed by atoms with van der Waals surface area (Å²) < 4.78 is 30.5. The van der Waals surface area contributed by atoms with Gasteiger partial charge in [0.2, 0.25) is 15.9 Å². The van der Waals surface area contributed by atoms with Crippen LogP contribution in [0.5, 0.6) is 0 Å². The van der Waals surface area contributed by atoms with Crippen molar-refractivity contribution in [3.63, 3.8) is 0 Å². The average molecular weight is 385 g/mol. The maximum absolute atomic E-state index is 12.0. The van der Waals surface area contributed by atoms with Crippen molar-refractivity contribution in [3.05, 3.63) is 18.1 Å². The number of unbranched alkanes of at least 4 members (excludes halogenated alkanes) is 1. The van der Waals surface area contributed by atoms with Crippen molar-refractivity contribution in [3.8, 4) is 0 Å². The molecule has 9 nitrogen and oxygen atoms in total. The lowest BCUT2D eigenvalue weighted by molar-refractivity contribution is -0.121. The van der Waals surface area contributed by atoms with Crippen LogP contribution in [0.2, 0.25) is 0 Å². The third-order valence-corrected chi connectivity index (χ3v) is 5.95. The molecule has 0 atom stereocenters. The van der Waals surface area contributed by atoms with E-state index >= 15 is 0 Å². The molecular formula is C16H27N5O4S. The molecule has 0 bridgehead atoms. The second kappa shape index (κ2) is 9.79. The summed E-state index contributed by atoms with van der Waals surface area (Å²) >= 11 is 0. The number of ether oxygens (including phenoxy) is 1. The Balaban J connectivity index is 1.85. The van der Waals surface area contributed by atoms with Gasteiger partial charge >= 0.3 is 0 Å². The second-order valence-corrected chi connectivity index (χ2v) is 8.33. The van der Waals surface area contributed by atoms with E-state index in [1.807, 2.05) is 13.0 Å². The minimum atomic E-state index is -3.40. The smallest absolute Gasteiger partial charge is 0.235 e. The number of hydrogen-bond donors (Lipinski definition) is 1. The van der Waals surface area contributed by atoms with E-state index in [2.05, 4.69) is 20.2 Å². The molecule has 0 unspecified atom stereocenters. The Morgan fingerprint density at radius 2 is 2.12 bits per heavy atom. The molecule has 146 valence electrons. The molecular weight excluding hydrogens is 358 g/mol. The van der Waals surface area contributed by atoms with Crippen LogP contribution in [0.1, 0.15) is 25.6 Å². The highest BCUT2D eigenvalue weighted by molar-refractivity contribution is 7.89. The molecule has 1 aliphatic heterocycles. The average Bonchev–Trinajstić information content (AvgIpc) is 2.65. The van der Waals surface area contributed by atoms with Gasteiger partial charge in [-0.2, -0.15) is 4.31 Å². The predicted molar refractivity (Wildman–Crippen MR) is 98.2 cm³/mol. The fourth-order valence-electron chi connectivity index (χ4n) is 2.46. The van der Waals surface area contributed by atoms with E-state index in [1.54, 1.807) is 6.20 Å².